The molecule has 0 spiro atoms. The first kappa shape index (κ1) is 17.9. The number of rotatable bonds is 6. The van der Waals surface area contributed by atoms with Crippen molar-refractivity contribution < 1.29 is 14.1 Å². The highest BCUT2D eigenvalue weighted by atomic mass is 16.5. The van der Waals surface area contributed by atoms with Crippen LogP contribution in [-0.2, 0) is 11.3 Å². The highest BCUT2D eigenvalue weighted by molar-refractivity contribution is 6.02. The van der Waals surface area contributed by atoms with Crippen LogP contribution in [0.5, 0.6) is 0 Å². The van der Waals surface area contributed by atoms with E-state index in [1.54, 1.807) is 6.07 Å². The summed E-state index contributed by atoms with van der Waals surface area (Å²) in [4.78, 5) is 12.4. The van der Waals surface area contributed by atoms with Crippen molar-refractivity contribution in [2.24, 2.45) is 0 Å². The van der Waals surface area contributed by atoms with Crippen molar-refractivity contribution in [3.8, 4) is 11.3 Å². The summed E-state index contributed by atoms with van der Waals surface area (Å²) in [6.45, 7) is 6.50. The predicted molar refractivity (Wildman–Crippen MR) is 101 cm³/mol. The zero-order valence-corrected chi connectivity index (χ0v) is 15.2. The molecule has 0 aliphatic rings. The van der Waals surface area contributed by atoms with E-state index in [1.165, 1.54) is 0 Å². The van der Waals surface area contributed by atoms with E-state index < -0.39 is 0 Å². The van der Waals surface area contributed by atoms with Gasteiger partial charge in [0.25, 0.3) is 5.91 Å². The van der Waals surface area contributed by atoms with Crippen LogP contribution in [0.25, 0.3) is 11.3 Å². The highest BCUT2D eigenvalue weighted by Gasteiger charge is 2.14. The molecule has 0 unspecified atom stereocenters. The molecule has 1 N–H and O–H groups in total. The van der Waals surface area contributed by atoms with Crippen molar-refractivity contribution in [1.82, 2.24) is 5.16 Å². The van der Waals surface area contributed by atoms with E-state index in [1.807, 2.05) is 69.3 Å². The predicted octanol–water partition coefficient (Wildman–Crippen LogP) is 4.83. The lowest BCUT2D eigenvalue weighted by molar-refractivity contribution is 0.0657. The Hall–Kier alpha value is -2.92. The van der Waals surface area contributed by atoms with Crippen molar-refractivity contribution in [2.45, 2.75) is 33.5 Å². The van der Waals surface area contributed by atoms with Gasteiger partial charge in [0.2, 0.25) is 5.76 Å². The molecule has 2 aromatic carbocycles. The third-order valence-electron chi connectivity index (χ3n) is 3.85. The molecular weight excluding hydrogens is 328 g/mol. The Morgan fingerprint density at radius 1 is 1.15 bits per heavy atom. The molecule has 3 aromatic rings. The van der Waals surface area contributed by atoms with E-state index in [2.05, 4.69) is 10.5 Å². The molecule has 5 heteroatoms. The van der Waals surface area contributed by atoms with Gasteiger partial charge in [-0.25, -0.2) is 0 Å². The molecule has 5 nitrogen and oxygen atoms in total. The maximum absolute atomic E-state index is 12.4. The number of carbonyl (C=O) groups excluding carboxylic acids is 1. The summed E-state index contributed by atoms with van der Waals surface area (Å²) in [5, 5.41) is 6.82. The summed E-state index contributed by atoms with van der Waals surface area (Å²) in [7, 11) is 0. The zero-order chi connectivity index (χ0) is 18.5. The summed E-state index contributed by atoms with van der Waals surface area (Å²) in [6, 6.07) is 17.1. The van der Waals surface area contributed by atoms with Crippen LogP contribution in [0.3, 0.4) is 0 Å². The number of hydrogen-bond acceptors (Lipinski definition) is 4. The smallest absolute Gasteiger partial charge is 0.294 e. The minimum absolute atomic E-state index is 0.155. The van der Waals surface area contributed by atoms with Crippen LogP contribution in [0.1, 0.15) is 35.5 Å². The molecule has 0 saturated carbocycles. The highest BCUT2D eigenvalue weighted by Crippen LogP contribution is 2.20. The van der Waals surface area contributed by atoms with Crippen molar-refractivity contribution >= 4 is 11.6 Å². The van der Waals surface area contributed by atoms with Gasteiger partial charge in [-0.1, -0.05) is 47.1 Å². The lowest BCUT2D eigenvalue weighted by Crippen LogP contribution is -2.11. The van der Waals surface area contributed by atoms with E-state index in [-0.39, 0.29) is 17.8 Å². The minimum atomic E-state index is -0.335. The number of anilines is 1. The van der Waals surface area contributed by atoms with Crippen LogP contribution in [0.15, 0.2) is 59.1 Å². The van der Waals surface area contributed by atoms with Crippen molar-refractivity contribution in [1.29, 1.82) is 0 Å². The molecule has 0 saturated heterocycles. The summed E-state index contributed by atoms with van der Waals surface area (Å²) >= 11 is 0. The van der Waals surface area contributed by atoms with E-state index in [0.29, 0.717) is 18.0 Å². The quantitative estimate of drug-likeness (QED) is 0.692. The van der Waals surface area contributed by atoms with Gasteiger partial charge in [0.05, 0.1) is 12.7 Å². The van der Waals surface area contributed by atoms with Gasteiger partial charge in [-0.2, -0.15) is 0 Å². The average molecular weight is 350 g/mol. The summed E-state index contributed by atoms with van der Waals surface area (Å²) in [6.07, 6.45) is 0.155. The fourth-order valence-electron chi connectivity index (χ4n) is 2.44. The second kappa shape index (κ2) is 7.97. The van der Waals surface area contributed by atoms with E-state index in [4.69, 9.17) is 9.26 Å². The number of benzene rings is 2. The molecule has 0 bridgehead atoms. The molecule has 0 atom stereocenters. The molecule has 1 heterocycles. The van der Waals surface area contributed by atoms with Crippen LogP contribution in [0, 0.1) is 6.92 Å². The first-order valence-electron chi connectivity index (χ1n) is 8.57. The number of nitrogens with one attached hydrogen (secondary N) is 1. The molecule has 3 rings (SSSR count). The van der Waals surface area contributed by atoms with Gasteiger partial charge < -0.3 is 14.6 Å². The van der Waals surface area contributed by atoms with Crippen LogP contribution < -0.4 is 5.32 Å². The third kappa shape index (κ3) is 4.58. The van der Waals surface area contributed by atoms with Crippen LogP contribution >= 0.6 is 0 Å². The second-order valence-electron chi connectivity index (χ2n) is 6.46. The molecule has 1 amide bonds. The first-order chi connectivity index (χ1) is 12.5. The molecule has 0 radical (unpaired) electrons. The number of carbonyl (C=O) groups is 1. The minimum Gasteiger partial charge on any atom is -0.374 e. The van der Waals surface area contributed by atoms with Crippen molar-refractivity contribution in [3.05, 3.63) is 71.5 Å². The van der Waals surface area contributed by atoms with Crippen LogP contribution in [0.4, 0.5) is 5.69 Å². The molecule has 0 aliphatic heterocycles. The average Bonchev–Trinajstić information content (AvgIpc) is 3.11. The van der Waals surface area contributed by atoms with Crippen molar-refractivity contribution in [2.75, 3.05) is 5.32 Å². The maximum Gasteiger partial charge on any atom is 0.294 e. The summed E-state index contributed by atoms with van der Waals surface area (Å²) in [5.74, 6) is -0.165. The molecule has 134 valence electrons. The summed E-state index contributed by atoms with van der Waals surface area (Å²) in [5.41, 5.74) is 4.39. The Labute approximate surface area is 153 Å². The largest absolute Gasteiger partial charge is 0.374 e. The van der Waals surface area contributed by atoms with E-state index in [0.717, 1.165) is 16.7 Å². The van der Waals surface area contributed by atoms with E-state index >= 15 is 0 Å². The lowest BCUT2D eigenvalue weighted by atomic mass is 10.1. The lowest BCUT2D eigenvalue weighted by Gasteiger charge is -2.09. The molecule has 1 aromatic heterocycles. The van der Waals surface area contributed by atoms with Gasteiger partial charge >= 0.3 is 0 Å². The topological polar surface area (TPSA) is 64.4 Å². The fraction of sp³-hybridized carbons (Fsp3) is 0.238. The number of aromatic nitrogens is 1. The number of ether oxygens (including phenoxy) is 1. The SMILES string of the molecule is Cc1ccc(-c2cc(C(=O)Nc3cccc(COC(C)C)c3)on2)cc1. The monoisotopic (exact) mass is 350 g/mol. The maximum atomic E-state index is 12.4. The van der Waals surface area contributed by atoms with Gasteiger partial charge in [-0.15, -0.1) is 0 Å². The zero-order valence-electron chi connectivity index (χ0n) is 15.2. The van der Waals surface area contributed by atoms with Gasteiger partial charge in [-0.3, -0.25) is 4.79 Å². The van der Waals surface area contributed by atoms with E-state index in [9.17, 15) is 4.79 Å². The van der Waals surface area contributed by atoms with Gasteiger partial charge in [0.15, 0.2) is 0 Å². The molecule has 26 heavy (non-hydrogen) atoms. The number of hydrogen-bond donors (Lipinski definition) is 1. The fourth-order valence-corrected chi connectivity index (χ4v) is 2.44. The van der Waals surface area contributed by atoms with Gasteiger partial charge in [0.1, 0.15) is 5.69 Å². The molecule has 0 aliphatic carbocycles. The van der Waals surface area contributed by atoms with Crippen LogP contribution in [0.2, 0.25) is 0 Å². The number of aryl methyl sites for hydroxylation is 1. The first-order valence-corrected chi connectivity index (χ1v) is 8.57. The second-order valence-corrected chi connectivity index (χ2v) is 6.46. The standard InChI is InChI=1S/C21H22N2O3/c1-14(2)25-13-16-5-4-6-18(11-16)22-21(24)20-12-19(23-26-20)17-9-7-15(3)8-10-17/h4-12,14H,13H2,1-3H3,(H,22,24). The number of nitrogens with zero attached hydrogens (tertiary/aromatic N) is 1. The van der Waals surface area contributed by atoms with Gasteiger partial charge in [-0.05, 0) is 38.5 Å². The Morgan fingerprint density at radius 3 is 2.65 bits per heavy atom. The summed E-state index contributed by atoms with van der Waals surface area (Å²) < 4.78 is 10.8. The normalized spacial score (nSPS) is 10.9. The third-order valence-corrected chi connectivity index (χ3v) is 3.85. The Balaban J connectivity index is 1.69. The Bertz CT molecular complexity index is 882. The molecular formula is C21H22N2O3. The Morgan fingerprint density at radius 2 is 1.92 bits per heavy atom. The van der Waals surface area contributed by atoms with Crippen molar-refractivity contribution in [3.63, 3.8) is 0 Å². The van der Waals surface area contributed by atoms with Crippen LogP contribution in [-0.4, -0.2) is 17.2 Å². The Kier molecular flexibility index (Phi) is 5.49. The van der Waals surface area contributed by atoms with Gasteiger partial charge in [0, 0.05) is 17.3 Å². The molecule has 0 fully saturated rings. The number of amides is 1.